The summed E-state index contributed by atoms with van der Waals surface area (Å²) in [4.78, 5) is 55.6. The molecule has 0 bridgehead atoms. The van der Waals surface area contributed by atoms with E-state index in [0.29, 0.717) is 17.1 Å². The molecule has 4 rings (SSSR count). The first-order valence-electron chi connectivity index (χ1n) is 12.2. The van der Waals surface area contributed by atoms with Crippen molar-refractivity contribution in [3.63, 3.8) is 0 Å². The molecule has 2 amide bonds. The molecule has 1 aliphatic rings. The number of ether oxygens (including phenoxy) is 1. The van der Waals surface area contributed by atoms with Gasteiger partial charge in [-0.3, -0.25) is 19.0 Å². The van der Waals surface area contributed by atoms with Crippen LogP contribution in [-0.4, -0.2) is 47.3 Å². The second-order valence-corrected chi connectivity index (χ2v) is 9.24. The van der Waals surface area contributed by atoms with Gasteiger partial charge in [0, 0.05) is 42.1 Å². The van der Waals surface area contributed by atoms with E-state index in [1.54, 1.807) is 36.4 Å². The summed E-state index contributed by atoms with van der Waals surface area (Å²) in [7, 11) is 0. The monoisotopic (exact) mass is 556 g/mol. The van der Waals surface area contributed by atoms with Crippen molar-refractivity contribution in [3.8, 4) is 5.69 Å². The van der Waals surface area contributed by atoms with Crippen molar-refractivity contribution in [2.24, 2.45) is 11.8 Å². The largest absolute Gasteiger partial charge is 0.527 e. The molecule has 2 heterocycles. The minimum atomic E-state index is -0.993. The van der Waals surface area contributed by atoms with E-state index in [9.17, 15) is 23.6 Å². The number of nitrogens with one attached hydrogen (secondary N) is 2. The van der Waals surface area contributed by atoms with Crippen molar-refractivity contribution in [2.45, 2.75) is 13.3 Å². The molecule has 1 aromatic heterocycles. The van der Waals surface area contributed by atoms with Crippen LogP contribution in [0.2, 0.25) is 5.02 Å². The van der Waals surface area contributed by atoms with Gasteiger partial charge in [-0.05, 0) is 48.9 Å². The van der Waals surface area contributed by atoms with Crippen LogP contribution in [0.1, 0.15) is 13.3 Å². The van der Waals surface area contributed by atoms with Gasteiger partial charge in [-0.2, -0.15) is 0 Å². The molecule has 0 saturated carbocycles. The summed E-state index contributed by atoms with van der Waals surface area (Å²) < 4.78 is 21.1. The number of aromatic nitrogens is 1. The van der Waals surface area contributed by atoms with Crippen molar-refractivity contribution >= 4 is 40.9 Å². The van der Waals surface area contributed by atoms with E-state index in [1.807, 2.05) is 6.92 Å². The molecule has 39 heavy (non-hydrogen) atoms. The molecule has 1 aliphatic heterocycles. The average Bonchev–Trinajstić information content (AvgIpc) is 3.34. The molecule has 0 radical (unpaired) electrons. The molecule has 1 saturated heterocycles. The van der Waals surface area contributed by atoms with Crippen LogP contribution < -0.4 is 16.2 Å². The molecular formula is C27H26ClFN4O6. The number of nitrogens with zero attached hydrogens (tertiary/aromatic N) is 2. The average molecular weight is 557 g/mol. The Balaban J connectivity index is 1.51. The Morgan fingerprint density at radius 1 is 1.00 bits per heavy atom. The van der Waals surface area contributed by atoms with Crippen LogP contribution in [-0.2, 0) is 19.2 Å². The number of hydrogen-bond acceptors (Lipinski definition) is 7. The van der Waals surface area contributed by atoms with Crippen LogP contribution in [0.25, 0.3) is 5.69 Å². The number of halogens is 2. The van der Waals surface area contributed by atoms with Gasteiger partial charge >= 0.3 is 6.16 Å². The zero-order valence-electron chi connectivity index (χ0n) is 20.9. The fourth-order valence-corrected chi connectivity index (χ4v) is 4.21. The summed E-state index contributed by atoms with van der Waals surface area (Å²) >= 11 is 5.91. The van der Waals surface area contributed by atoms with Gasteiger partial charge in [0.15, 0.2) is 0 Å². The minimum Gasteiger partial charge on any atom is -0.433 e. The van der Waals surface area contributed by atoms with E-state index in [0.717, 1.165) is 6.07 Å². The first kappa shape index (κ1) is 27.8. The molecule has 204 valence electrons. The van der Waals surface area contributed by atoms with Crippen molar-refractivity contribution in [1.82, 2.24) is 9.63 Å². The highest BCUT2D eigenvalue weighted by Crippen LogP contribution is 2.28. The Hall–Kier alpha value is -4.22. The quantitative estimate of drug-likeness (QED) is 0.398. The number of pyridine rings is 1. The third-order valence-corrected chi connectivity index (χ3v) is 6.26. The third kappa shape index (κ3) is 7.01. The number of hydrogen-bond donors (Lipinski definition) is 2. The normalized spacial score (nSPS) is 16.9. The molecule has 0 aliphatic carbocycles. The Bertz CT molecular complexity index is 1410. The summed E-state index contributed by atoms with van der Waals surface area (Å²) in [5.74, 6) is -3.85. The Labute approximate surface area is 228 Å². The number of carbonyl (C=O) groups excluding carboxylic acids is 3. The maximum atomic E-state index is 14.9. The lowest BCUT2D eigenvalue weighted by Crippen LogP contribution is -2.35. The number of rotatable bonds is 8. The Morgan fingerprint density at radius 3 is 2.33 bits per heavy atom. The van der Waals surface area contributed by atoms with Crippen molar-refractivity contribution in [2.75, 3.05) is 30.3 Å². The van der Waals surface area contributed by atoms with Gasteiger partial charge in [0.05, 0.1) is 29.8 Å². The second-order valence-electron chi connectivity index (χ2n) is 8.81. The van der Waals surface area contributed by atoms with Gasteiger partial charge in [-0.15, -0.1) is 5.06 Å². The third-order valence-electron chi connectivity index (χ3n) is 6.01. The van der Waals surface area contributed by atoms with Gasteiger partial charge in [0.2, 0.25) is 11.8 Å². The number of hydroxylamine groups is 2. The molecule has 3 aromatic rings. The first-order chi connectivity index (χ1) is 18.7. The summed E-state index contributed by atoms with van der Waals surface area (Å²) in [5, 5.41) is 6.90. The SMILES string of the molecule is CCCOC(=O)ON1C[C@H](C(=O)Nc2ccc(Cl)cc2)[C@@H](C(=O)Nc2ccc(-n3ccccc3=O)cc2F)C1. The zero-order chi connectivity index (χ0) is 27.9. The van der Waals surface area contributed by atoms with Crippen LogP contribution in [0.5, 0.6) is 0 Å². The molecule has 12 heteroatoms. The van der Waals surface area contributed by atoms with Crippen LogP contribution in [0.15, 0.2) is 71.7 Å². The van der Waals surface area contributed by atoms with E-state index >= 15 is 0 Å². The molecule has 2 N–H and O–H groups in total. The number of amides is 2. The molecule has 0 unspecified atom stereocenters. The van der Waals surface area contributed by atoms with Crippen molar-refractivity contribution in [3.05, 3.63) is 88.1 Å². The number of anilines is 2. The highest BCUT2D eigenvalue weighted by molar-refractivity contribution is 6.30. The van der Waals surface area contributed by atoms with Crippen LogP contribution >= 0.6 is 11.6 Å². The second kappa shape index (κ2) is 12.5. The predicted molar refractivity (Wildman–Crippen MR) is 142 cm³/mol. The minimum absolute atomic E-state index is 0.0862. The summed E-state index contributed by atoms with van der Waals surface area (Å²) in [5.41, 5.74) is 0.267. The molecule has 10 nitrogen and oxygen atoms in total. The lowest BCUT2D eigenvalue weighted by molar-refractivity contribution is -0.127. The summed E-state index contributed by atoms with van der Waals surface area (Å²) in [6, 6.07) is 14.9. The molecule has 1 fully saturated rings. The van der Waals surface area contributed by atoms with Crippen molar-refractivity contribution < 1.29 is 28.3 Å². The highest BCUT2D eigenvalue weighted by Gasteiger charge is 2.44. The van der Waals surface area contributed by atoms with E-state index in [1.165, 1.54) is 34.0 Å². The first-order valence-corrected chi connectivity index (χ1v) is 12.6. The van der Waals surface area contributed by atoms with Gasteiger partial charge in [0.1, 0.15) is 5.82 Å². The molecular weight excluding hydrogens is 531 g/mol. The summed E-state index contributed by atoms with van der Waals surface area (Å²) in [6.45, 7) is 1.77. The Morgan fingerprint density at radius 2 is 1.69 bits per heavy atom. The maximum Gasteiger partial charge on any atom is 0.527 e. The fourth-order valence-electron chi connectivity index (χ4n) is 4.08. The van der Waals surface area contributed by atoms with Gasteiger partial charge in [-0.1, -0.05) is 24.6 Å². The lowest BCUT2D eigenvalue weighted by Gasteiger charge is -2.18. The fraction of sp³-hybridized carbons (Fsp3) is 0.259. The van der Waals surface area contributed by atoms with Gasteiger partial charge in [-0.25, -0.2) is 9.18 Å². The number of carbonyl (C=O) groups is 3. The lowest BCUT2D eigenvalue weighted by atomic mass is 9.94. The smallest absolute Gasteiger partial charge is 0.433 e. The van der Waals surface area contributed by atoms with E-state index in [-0.39, 0.29) is 36.6 Å². The zero-order valence-corrected chi connectivity index (χ0v) is 21.7. The Kier molecular flexibility index (Phi) is 8.95. The predicted octanol–water partition coefficient (Wildman–Crippen LogP) is 4.23. The van der Waals surface area contributed by atoms with Gasteiger partial charge in [0.25, 0.3) is 5.56 Å². The van der Waals surface area contributed by atoms with E-state index in [4.69, 9.17) is 21.2 Å². The van der Waals surface area contributed by atoms with Crippen LogP contribution in [0.4, 0.5) is 20.6 Å². The standard InChI is InChI=1S/C27H26ClFN4O6/c1-2-13-38-27(37)39-32-15-20(25(35)30-18-8-6-17(28)7-9-18)21(16-32)26(36)31-23-11-10-19(14-22(23)29)33-12-4-3-5-24(33)34/h3-12,14,20-21H,2,13,15-16H2,1H3,(H,30,35)(H,31,36)/t20-,21-/m0/s1. The highest BCUT2D eigenvalue weighted by atomic mass is 35.5. The topological polar surface area (TPSA) is 119 Å². The van der Waals surface area contributed by atoms with Crippen molar-refractivity contribution in [1.29, 1.82) is 0 Å². The van der Waals surface area contributed by atoms with Gasteiger partial charge < -0.3 is 20.2 Å². The molecule has 2 aromatic carbocycles. The van der Waals surface area contributed by atoms with Crippen LogP contribution in [0.3, 0.4) is 0 Å². The summed E-state index contributed by atoms with van der Waals surface area (Å²) in [6.07, 6.45) is 1.14. The number of benzene rings is 2. The molecule has 0 spiro atoms. The van der Waals surface area contributed by atoms with E-state index in [2.05, 4.69) is 10.6 Å². The maximum absolute atomic E-state index is 14.9. The molecule has 2 atom stereocenters. The van der Waals surface area contributed by atoms with E-state index < -0.39 is 35.6 Å². The van der Waals surface area contributed by atoms with Crippen LogP contribution in [0, 0.1) is 17.7 Å².